The number of rotatable bonds is 1. The molecule has 3 heteroatoms. The molecular weight excluding hydrogens is 274 g/mol. The smallest absolute Gasteiger partial charge is 0.115 e. The van der Waals surface area contributed by atoms with Gasteiger partial charge in [-0.1, -0.05) is 18.1 Å². The summed E-state index contributed by atoms with van der Waals surface area (Å²) in [6.07, 6.45) is 7.16. The van der Waals surface area contributed by atoms with Crippen molar-refractivity contribution < 1.29 is 9.94 Å². The van der Waals surface area contributed by atoms with Gasteiger partial charge in [0, 0.05) is 5.41 Å². The van der Waals surface area contributed by atoms with Crippen molar-refractivity contribution in [1.82, 2.24) is 0 Å². The van der Waals surface area contributed by atoms with Crippen LogP contribution in [0.15, 0.2) is 23.4 Å². The van der Waals surface area contributed by atoms with Gasteiger partial charge >= 0.3 is 0 Å². The highest BCUT2D eigenvalue weighted by Crippen LogP contribution is 2.59. The fourth-order valence-electron chi connectivity index (χ4n) is 5.62. The highest BCUT2D eigenvalue weighted by atomic mass is 16.6. The Hall–Kier alpha value is -1.51. The number of nitrogens with zero attached hydrogens (tertiary/aromatic N) is 1. The van der Waals surface area contributed by atoms with Gasteiger partial charge in [0.1, 0.15) is 12.9 Å². The molecule has 0 radical (unpaired) electrons. The van der Waals surface area contributed by atoms with Gasteiger partial charge in [-0.15, -0.1) is 0 Å². The number of benzene rings is 1. The van der Waals surface area contributed by atoms with Gasteiger partial charge in [0.05, 0.1) is 5.71 Å². The maximum atomic E-state index is 9.74. The van der Waals surface area contributed by atoms with Crippen LogP contribution in [0.5, 0.6) is 5.75 Å². The largest absolute Gasteiger partial charge is 0.508 e. The lowest BCUT2D eigenvalue weighted by Gasteiger charge is -2.49. The van der Waals surface area contributed by atoms with E-state index in [9.17, 15) is 5.11 Å². The molecule has 1 aromatic rings. The lowest BCUT2D eigenvalue weighted by molar-refractivity contribution is 0.0924. The fraction of sp³-hybridized carbons (Fsp3) is 0.632. The monoisotopic (exact) mass is 299 g/mol. The van der Waals surface area contributed by atoms with Crippen molar-refractivity contribution in [3.63, 3.8) is 0 Å². The Morgan fingerprint density at radius 1 is 1.23 bits per heavy atom. The standard InChI is InChI=1S/C19H25NO2/c1-19-10-9-15-14-6-4-13(21)11-12(14)3-5-16(15)17(19)7-8-18(19)20-22-2/h4,6,11,15-17,21H,3,5,7-10H2,1-2H3/b20-18-/t15-,16-,17+,19+/m1/s1. The Morgan fingerprint density at radius 3 is 2.91 bits per heavy atom. The summed E-state index contributed by atoms with van der Waals surface area (Å²) in [7, 11) is 1.67. The molecule has 3 aliphatic rings. The zero-order valence-electron chi connectivity index (χ0n) is 13.5. The zero-order chi connectivity index (χ0) is 15.3. The van der Waals surface area contributed by atoms with Gasteiger partial charge in [0.15, 0.2) is 0 Å². The predicted molar refractivity (Wildman–Crippen MR) is 87.2 cm³/mol. The van der Waals surface area contributed by atoms with Gasteiger partial charge < -0.3 is 9.94 Å². The molecule has 3 aliphatic carbocycles. The van der Waals surface area contributed by atoms with Crippen molar-refractivity contribution in [1.29, 1.82) is 0 Å². The molecule has 1 N–H and O–H groups in total. The van der Waals surface area contributed by atoms with E-state index in [4.69, 9.17) is 4.84 Å². The second-order valence-electron chi connectivity index (χ2n) is 7.51. The van der Waals surface area contributed by atoms with Crippen LogP contribution in [-0.4, -0.2) is 17.9 Å². The molecule has 0 heterocycles. The number of hydrogen-bond acceptors (Lipinski definition) is 3. The van der Waals surface area contributed by atoms with Gasteiger partial charge in [-0.2, -0.15) is 0 Å². The first-order valence-corrected chi connectivity index (χ1v) is 8.56. The number of aryl methyl sites for hydroxylation is 1. The molecule has 4 atom stereocenters. The second-order valence-corrected chi connectivity index (χ2v) is 7.51. The first-order chi connectivity index (χ1) is 10.6. The number of phenols is 1. The van der Waals surface area contributed by atoms with E-state index in [0.717, 1.165) is 24.7 Å². The quantitative estimate of drug-likeness (QED) is 0.788. The third-order valence-electron chi connectivity index (χ3n) is 6.65. The molecule has 0 amide bonds. The van der Waals surface area contributed by atoms with Crippen LogP contribution in [0.1, 0.15) is 56.1 Å². The van der Waals surface area contributed by atoms with E-state index >= 15 is 0 Å². The minimum Gasteiger partial charge on any atom is -0.508 e. The van der Waals surface area contributed by atoms with Crippen molar-refractivity contribution in [3.8, 4) is 5.75 Å². The first kappa shape index (κ1) is 14.1. The van der Waals surface area contributed by atoms with Gasteiger partial charge in [-0.25, -0.2) is 0 Å². The van der Waals surface area contributed by atoms with Gasteiger partial charge in [-0.05, 0) is 79.5 Å². The highest BCUT2D eigenvalue weighted by Gasteiger charge is 2.53. The number of aromatic hydroxyl groups is 1. The van der Waals surface area contributed by atoms with E-state index in [1.54, 1.807) is 7.11 Å². The molecule has 22 heavy (non-hydrogen) atoms. The van der Waals surface area contributed by atoms with Crippen molar-refractivity contribution in [2.24, 2.45) is 22.4 Å². The van der Waals surface area contributed by atoms with E-state index in [1.165, 1.54) is 42.5 Å². The van der Waals surface area contributed by atoms with E-state index in [0.29, 0.717) is 11.7 Å². The van der Waals surface area contributed by atoms with Crippen LogP contribution < -0.4 is 0 Å². The maximum Gasteiger partial charge on any atom is 0.115 e. The van der Waals surface area contributed by atoms with Gasteiger partial charge in [-0.3, -0.25) is 0 Å². The highest BCUT2D eigenvalue weighted by molar-refractivity contribution is 5.92. The first-order valence-electron chi connectivity index (χ1n) is 8.56. The number of phenolic OH excluding ortho intramolecular Hbond substituents is 1. The number of hydrogen-bond donors (Lipinski definition) is 1. The molecule has 2 saturated carbocycles. The number of oxime groups is 1. The maximum absolute atomic E-state index is 9.74. The Morgan fingerprint density at radius 2 is 2.09 bits per heavy atom. The van der Waals surface area contributed by atoms with Crippen LogP contribution in [0.4, 0.5) is 0 Å². The molecule has 2 fully saturated rings. The number of fused-ring (bicyclic) bond motifs is 5. The summed E-state index contributed by atoms with van der Waals surface area (Å²) in [5, 5.41) is 14.1. The summed E-state index contributed by atoms with van der Waals surface area (Å²) in [6.45, 7) is 2.41. The Labute approximate surface area is 132 Å². The van der Waals surface area contributed by atoms with Crippen molar-refractivity contribution in [2.75, 3.05) is 7.11 Å². The summed E-state index contributed by atoms with van der Waals surface area (Å²) in [5.41, 5.74) is 4.39. The lowest BCUT2D eigenvalue weighted by Crippen LogP contribution is -2.42. The van der Waals surface area contributed by atoms with Crippen LogP contribution >= 0.6 is 0 Å². The van der Waals surface area contributed by atoms with Crippen molar-refractivity contribution in [2.45, 2.75) is 51.4 Å². The van der Waals surface area contributed by atoms with Crippen LogP contribution in [0.3, 0.4) is 0 Å². The van der Waals surface area contributed by atoms with Crippen LogP contribution in [0, 0.1) is 17.3 Å². The van der Waals surface area contributed by atoms with Crippen molar-refractivity contribution >= 4 is 5.71 Å². The average molecular weight is 299 g/mol. The van der Waals surface area contributed by atoms with E-state index in [-0.39, 0.29) is 5.41 Å². The molecule has 0 spiro atoms. The molecule has 0 bridgehead atoms. The summed E-state index contributed by atoms with van der Waals surface area (Å²) in [4.78, 5) is 5.11. The molecule has 4 rings (SSSR count). The minimum atomic E-state index is 0.242. The van der Waals surface area contributed by atoms with E-state index in [2.05, 4.69) is 18.1 Å². The summed E-state index contributed by atoms with van der Waals surface area (Å²) in [6, 6.07) is 6.01. The molecule has 0 saturated heterocycles. The van der Waals surface area contributed by atoms with Crippen LogP contribution in [0.25, 0.3) is 0 Å². The molecule has 0 aliphatic heterocycles. The molecule has 0 unspecified atom stereocenters. The zero-order valence-corrected chi connectivity index (χ0v) is 13.5. The third-order valence-corrected chi connectivity index (χ3v) is 6.65. The van der Waals surface area contributed by atoms with Crippen molar-refractivity contribution in [3.05, 3.63) is 29.3 Å². The van der Waals surface area contributed by atoms with Crippen LogP contribution in [0.2, 0.25) is 0 Å². The summed E-state index contributed by atoms with van der Waals surface area (Å²) in [5.74, 6) is 2.58. The Kier molecular flexibility index (Phi) is 3.21. The summed E-state index contributed by atoms with van der Waals surface area (Å²) >= 11 is 0. The fourth-order valence-corrected chi connectivity index (χ4v) is 5.62. The second kappa shape index (κ2) is 5.00. The van der Waals surface area contributed by atoms with E-state index < -0.39 is 0 Å². The third kappa shape index (κ3) is 1.90. The minimum absolute atomic E-state index is 0.242. The molecular formula is C19H25NO2. The predicted octanol–water partition coefficient (Wildman–Crippen LogP) is 4.25. The normalized spacial score (nSPS) is 38.3. The van der Waals surface area contributed by atoms with Gasteiger partial charge in [0.25, 0.3) is 0 Å². The average Bonchev–Trinajstić information content (AvgIpc) is 2.84. The van der Waals surface area contributed by atoms with Gasteiger partial charge in [0.2, 0.25) is 0 Å². The van der Waals surface area contributed by atoms with Crippen LogP contribution in [-0.2, 0) is 11.3 Å². The topological polar surface area (TPSA) is 41.8 Å². The molecule has 118 valence electrons. The molecule has 3 nitrogen and oxygen atoms in total. The Bertz CT molecular complexity index is 624. The lowest BCUT2D eigenvalue weighted by atomic mass is 9.55. The Balaban J connectivity index is 1.69. The summed E-state index contributed by atoms with van der Waals surface area (Å²) < 4.78 is 0. The molecule has 0 aromatic heterocycles. The van der Waals surface area contributed by atoms with E-state index in [1.807, 2.05) is 12.1 Å². The SMILES string of the molecule is CO/N=C1/CC[C@H]2[C@@H]3CCc4cc(O)ccc4[C@H]3CC[C@]12C. The molecule has 1 aromatic carbocycles.